The van der Waals surface area contributed by atoms with Gasteiger partial charge in [0.25, 0.3) is 0 Å². The number of aryl methyl sites for hydroxylation is 2. The molecule has 2 aromatic carbocycles. The van der Waals surface area contributed by atoms with Crippen molar-refractivity contribution in [3.05, 3.63) is 74.1 Å². The molecule has 2 atom stereocenters. The topological polar surface area (TPSA) is 80.0 Å². The van der Waals surface area contributed by atoms with E-state index in [4.69, 9.17) is 20.8 Å². The fourth-order valence-electron chi connectivity index (χ4n) is 5.99. The minimum Gasteiger partial charge on any atom is -0.488 e. The van der Waals surface area contributed by atoms with Gasteiger partial charge in [-0.25, -0.2) is 4.79 Å². The molecule has 2 heterocycles. The Morgan fingerprint density at radius 1 is 1.19 bits per heavy atom. The molecule has 3 aromatic rings. The van der Waals surface area contributed by atoms with Gasteiger partial charge in [-0.1, -0.05) is 36.6 Å². The van der Waals surface area contributed by atoms with Crippen LogP contribution in [0.25, 0.3) is 11.0 Å². The predicted molar refractivity (Wildman–Crippen MR) is 144 cm³/mol. The molecular formula is C30H34ClNO5. The van der Waals surface area contributed by atoms with Gasteiger partial charge >= 0.3 is 5.63 Å². The molecule has 1 aliphatic carbocycles. The van der Waals surface area contributed by atoms with Gasteiger partial charge in [0, 0.05) is 47.0 Å². The number of likely N-dealkylation sites (tertiary alicyclic amines) is 1. The maximum atomic E-state index is 13.0. The minimum absolute atomic E-state index is 0.0347. The first kappa shape index (κ1) is 25.8. The molecule has 2 fully saturated rings. The van der Waals surface area contributed by atoms with E-state index < -0.39 is 11.2 Å². The molecule has 196 valence electrons. The highest BCUT2D eigenvalue weighted by molar-refractivity contribution is 6.30. The van der Waals surface area contributed by atoms with Crippen LogP contribution in [0.5, 0.6) is 5.75 Å². The fourth-order valence-corrected chi connectivity index (χ4v) is 6.20. The third-order valence-corrected chi connectivity index (χ3v) is 8.54. The van der Waals surface area contributed by atoms with Crippen LogP contribution in [-0.4, -0.2) is 34.6 Å². The van der Waals surface area contributed by atoms with Crippen LogP contribution in [0.15, 0.2) is 45.6 Å². The fraction of sp³-hybridized carbons (Fsp3) is 0.467. The number of carbonyl (C=O) groups is 1. The molecule has 0 radical (unpaired) electrons. The number of fused-ring (bicyclic) bond motifs is 2. The molecule has 1 saturated carbocycles. The van der Waals surface area contributed by atoms with Crippen LogP contribution in [0, 0.1) is 19.8 Å². The number of carbonyl (C=O) groups excluding carboxylic acids is 1. The zero-order valence-corrected chi connectivity index (χ0v) is 22.3. The van der Waals surface area contributed by atoms with Gasteiger partial charge < -0.3 is 19.2 Å². The Bertz CT molecular complexity index is 1380. The lowest BCUT2D eigenvalue weighted by atomic mass is 9.71. The number of amides is 1. The van der Waals surface area contributed by atoms with Gasteiger partial charge in [0.05, 0.1) is 5.60 Å². The summed E-state index contributed by atoms with van der Waals surface area (Å²) < 4.78 is 11.8. The number of hydrogen-bond acceptors (Lipinski definition) is 5. The zero-order valence-electron chi connectivity index (χ0n) is 21.5. The van der Waals surface area contributed by atoms with Crippen molar-refractivity contribution < 1.29 is 19.1 Å². The van der Waals surface area contributed by atoms with Crippen LogP contribution >= 0.6 is 11.6 Å². The number of ether oxygens (including phenoxy) is 1. The quantitative estimate of drug-likeness (QED) is 0.417. The van der Waals surface area contributed by atoms with E-state index in [0.29, 0.717) is 54.5 Å². The lowest BCUT2D eigenvalue weighted by Crippen LogP contribution is -2.54. The average Bonchev–Trinajstić information content (AvgIpc) is 2.88. The Hall–Kier alpha value is -2.83. The van der Waals surface area contributed by atoms with Gasteiger partial charge in [-0.15, -0.1) is 0 Å². The summed E-state index contributed by atoms with van der Waals surface area (Å²) in [5, 5.41) is 12.4. The summed E-state index contributed by atoms with van der Waals surface area (Å²) in [6, 6.07) is 11.3. The van der Waals surface area contributed by atoms with E-state index in [1.165, 1.54) is 0 Å². The van der Waals surface area contributed by atoms with Gasteiger partial charge in [-0.3, -0.25) is 4.79 Å². The molecule has 2 aliphatic rings. The number of nitrogens with zero attached hydrogens (tertiary/aromatic N) is 1. The van der Waals surface area contributed by atoms with Crippen molar-refractivity contribution in [1.29, 1.82) is 0 Å². The highest BCUT2D eigenvalue weighted by Gasteiger charge is 2.43. The van der Waals surface area contributed by atoms with E-state index in [9.17, 15) is 14.7 Å². The Morgan fingerprint density at radius 3 is 2.84 bits per heavy atom. The first-order chi connectivity index (χ1) is 17.7. The van der Waals surface area contributed by atoms with E-state index in [0.717, 1.165) is 47.8 Å². The maximum Gasteiger partial charge on any atom is 0.339 e. The molecule has 1 saturated heterocycles. The highest BCUT2D eigenvalue weighted by atomic mass is 35.5. The Kier molecular flexibility index (Phi) is 7.32. The molecule has 0 bridgehead atoms. The number of aliphatic hydroxyl groups is 1. The third-order valence-electron chi connectivity index (χ3n) is 8.31. The lowest BCUT2D eigenvalue weighted by Gasteiger charge is -2.47. The van der Waals surface area contributed by atoms with E-state index in [2.05, 4.69) is 0 Å². The normalized spacial score (nSPS) is 21.6. The second kappa shape index (κ2) is 10.5. The van der Waals surface area contributed by atoms with Gasteiger partial charge in [0.15, 0.2) is 0 Å². The second-order valence-electron chi connectivity index (χ2n) is 10.6. The summed E-state index contributed by atoms with van der Waals surface area (Å²) in [6.07, 6.45) is 5.21. The molecular weight excluding hydrogens is 490 g/mol. The Balaban J connectivity index is 1.29. The standard InChI is InChI=1S/C30H34ClNO5/c1-19-24-9-11-26(36-18-21-6-5-8-23(31)16-21)20(2)28(24)37-29(34)25(19)10-12-27(33)32-15-14-30(35)13-4-3-7-22(30)17-32/h5-6,8-9,11,16,22,35H,3-4,7,10,12-15,17-18H2,1-2H3/t22-,30+/m1/s1. The first-order valence-electron chi connectivity index (χ1n) is 13.2. The number of hydrogen-bond donors (Lipinski definition) is 1. The smallest absolute Gasteiger partial charge is 0.339 e. The molecule has 5 rings (SSSR count). The van der Waals surface area contributed by atoms with Crippen molar-refractivity contribution >= 4 is 28.5 Å². The molecule has 0 unspecified atom stereocenters. The largest absolute Gasteiger partial charge is 0.488 e. The lowest BCUT2D eigenvalue weighted by molar-refractivity contribution is -0.143. The van der Waals surface area contributed by atoms with Crippen molar-refractivity contribution in [2.45, 2.75) is 71.0 Å². The summed E-state index contributed by atoms with van der Waals surface area (Å²) in [4.78, 5) is 27.9. The van der Waals surface area contributed by atoms with Gasteiger partial charge in [-0.2, -0.15) is 0 Å². The van der Waals surface area contributed by atoms with Crippen molar-refractivity contribution in [1.82, 2.24) is 4.90 Å². The van der Waals surface area contributed by atoms with Crippen LogP contribution in [-0.2, 0) is 17.8 Å². The van der Waals surface area contributed by atoms with Crippen LogP contribution in [0.2, 0.25) is 5.02 Å². The van der Waals surface area contributed by atoms with Crippen molar-refractivity contribution in [2.75, 3.05) is 13.1 Å². The monoisotopic (exact) mass is 523 g/mol. The summed E-state index contributed by atoms with van der Waals surface area (Å²) in [5.74, 6) is 0.836. The molecule has 1 aromatic heterocycles. The zero-order chi connectivity index (χ0) is 26.2. The number of rotatable bonds is 6. The molecule has 1 N–H and O–H groups in total. The summed E-state index contributed by atoms with van der Waals surface area (Å²) in [5.41, 5.74) is 2.58. The molecule has 6 nitrogen and oxygen atoms in total. The highest BCUT2D eigenvalue weighted by Crippen LogP contribution is 2.40. The predicted octanol–water partition coefficient (Wildman–Crippen LogP) is 5.73. The summed E-state index contributed by atoms with van der Waals surface area (Å²) in [7, 11) is 0. The van der Waals surface area contributed by atoms with Crippen LogP contribution in [0.1, 0.15) is 60.8 Å². The van der Waals surface area contributed by atoms with E-state index in [1.807, 2.05) is 55.1 Å². The van der Waals surface area contributed by atoms with E-state index >= 15 is 0 Å². The molecule has 37 heavy (non-hydrogen) atoms. The van der Waals surface area contributed by atoms with Gasteiger partial charge in [0.1, 0.15) is 17.9 Å². The maximum absolute atomic E-state index is 13.0. The van der Waals surface area contributed by atoms with Crippen LogP contribution < -0.4 is 10.4 Å². The number of piperidine rings is 1. The SMILES string of the molecule is Cc1c(CCC(=O)N2CC[C@@]3(O)CCCC[C@@H]3C2)c(=O)oc2c(C)c(OCc3cccc(Cl)c3)ccc12. The van der Waals surface area contributed by atoms with E-state index in [1.54, 1.807) is 0 Å². The van der Waals surface area contributed by atoms with Crippen molar-refractivity contribution in [3.8, 4) is 5.75 Å². The average molecular weight is 524 g/mol. The van der Waals surface area contributed by atoms with E-state index in [-0.39, 0.29) is 18.2 Å². The minimum atomic E-state index is -0.612. The Morgan fingerprint density at radius 2 is 2.03 bits per heavy atom. The number of benzene rings is 2. The molecule has 0 spiro atoms. The van der Waals surface area contributed by atoms with Gasteiger partial charge in [0.2, 0.25) is 5.91 Å². The molecule has 1 amide bonds. The van der Waals surface area contributed by atoms with Crippen LogP contribution in [0.4, 0.5) is 0 Å². The summed E-state index contributed by atoms with van der Waals surface area (Å²) in [6.45, 7) is 5.33. The summed E-state index contributed by atoms with van der Waals surface area (Å²) >= 11 is 6.07. The van der Waals surface area contributed by atoms with Crippen LogP contribution in [0.3, 0.4) is 0 Å². The van der Waals surface area contributed by atoms with Crippen molar-refractivity contribution in [2.24, 2.45) is 5.92 Å². The van der Waals surface area contributed by atoms with Gasteiger partial charge in [-0.05, 0) is 74.9 Å². The Labute approximate surface area is 222 Å². The second-order valence-corrected chi connectivity index (χ2v) is 11.0. The first-order valence-corrected chi connectivity index (χ1v) is 13.6. The third kappa shape index (κ3) is 5.27. The number of halogens is 1. The molecule has 1 aliphatic heterocycles. The molecule has 7 heteroatoms. The van der Waals surface area contributed by atoms with Crippen molar-refractivity contribution in [3.63, 3.8) is 0 Å².